The molecule has 0 radical (unpaired) electrons. The second kappa shape index (κ2) is 7.94. The van der Waals surface area contributed by atoms with Crippen molar-refractivity contribution >= 4 is 23.3 Å². The van der Waals surface area contributed by atoms with Crippen LogP contribution in [0.3, 0.4) is 0 Å². The summed E-state index contributed by atoms with van der Waals surface area (Å²) in [6, 6.07) is 5.70. The number of nitro groups is 1. The number of nitrogens with one attached hydrogen (secondary N) is 1. The van der Waals surface area contributed by atoms with Crippen LogP contribution in [0.25, 0.3) is 0 Å². The Bertz CT molecular complexity index is 943. The number of anilines is 1. The number of benzene rings is 2. The van der Waals surface area contributed by atoms with Gasteiger partial charge in [0.25, 0.3) is 11.6 Å². The summed E-state index contributed by atoms with van der Waals surface area (Å²) in [5.74, 6) is -2.39. The summed E-state index contributed by atoms with van der Waals surface area (Å²) in [6.07, 6.45) is -4.79. The van der Waals surface area contributed by atoms with Gasteiger partial charge in [0.15, 0.2) is 6.61 Å². The second-order valence-electron chi connectivity index (χ2n) is 5.63. The first-order chi connectivity index (χ1) is 13.0. The Morgan fingerprint density at radius 3 is 2.46 bits per heavy atom. The summed E-state index contributed by atoms with van der Waals surface area (Å²) >= 11 is 0. The predicted octanol–water partition coefficient (Wildman–Crippen LogP) is 3.42. The minimum absolute atomic E-state index is 0.195. The molecule has 0 unspecified atom stereocenters. The highest BCUT2D eigenvalue weighted by Crippen LogP contribution is 2.34. The number of phenols is 1. The van der Waals surface area contributed by atoms with Gasteiger partial charge >= 0.3 is 12.1 Å². The van der Waals surface area contributed by atoms with E-state index in [0.29, 0.717) is 11.6 Å². The van der Waals surface area contributed by atoms with Gasteiger partial charge in [-0.15, -0.1) is 0 Å². The Labute approximate surface area is 155 Å². The van der Waals surface area contributed by atoms with Gasteiger partial charge in [-0.1, -0.05) is 6.07 Å². The van der Waals surface area contributed by atoms with E-state index in [4.69, 9.17) is 4.74 Å². The topological polar surface area (TPSA) is 119 Å². The highest BCUT2D eigenvalue weighted by atomic mass is 19.4. The molecule has 2 aromatic rings. The smallest absolute Gasteiger partial charge is 0.416 e. The number of nitrogens with zero attached hydrogens (tertiary/aromatic N) is 1. The monoisotopic (exact) mass is 398 g/mol. The van der Waals surface area contributed by atoms with Crippen molar-refractivity contribution in [1.82, 2.24) is 0 Å². The van der Waals surface area contributed by atoms with Crippen LogP contribution in [0.2, 0.25) is 0 Å². The molecule has 0 aliphatic heterocycles. The number of hydrogen-bond acceptors (Lipinski definition) is 6. The molecule has 8 nitrogen and oxygen atoms in total. The number of carbonyl (C=O) groups is 2. The molecule has 0 bridgehead atoms. The molecule has 1 amide bonds. The number of hydrogen-bond donors (Lipinski definition) is 2. The van der Waals surface area contributed by atoms with Gasteiger partial charge in [0, 0.05) is 6.07 Å². The lowest BCUT2D eigenvalue weighted by molar-refractivity contribution is -0.384. The average molecular weight is 398 g/mol. The lowest BCUT2D eigenvalue weighted by Crippen LogP contribution is -2.21. The maximum Gasteiger partial charge on any atom is 0.416 e. The Morgan fingerprint density at radius 1 is 1.21 bits per heavy atom. The Hall–Kier alpha value is -3.63. The lowest BCUT2D eigenvalue weighted by atomic mass is 10.1. The highest BCUT2D eigenvalue weighted by Gasteiger charge is 2.33. The summed E-state index contributed by atoms with van der Waals surface area (Å²) in [5, 5.41) is 22.7. The van der Waals surface area contributed by atoms with Crippen LogP contribution in [-0.4, -0.2) is 28.5 Å². The van der Waals surface area contributed by atoms with E-state index in [1.165, 1.54) is 18.2 Å². The van der Waals surface area contributed by atoms with Crippen molar-refractivity contribution in [2.75, 3.05) is 11.9 Å². The molecule has 0 spiro atoms. The van der Waals surface area contributed by atoms with Crippen molar-refractivity contribution in [3.8, 4) is 5.75 Å². The van der Waals surface area contributed by atoms with E-state index < -0.39 is 46.5 Å². The Kier molecular flexibility index (Phi) is 5.87. The third-order valence-corrected chi connectivity index (χ3v) is 3.50. The molecular formula is C17H13F3N2O6. The molecule has 0 saturated heterocycles. The van der Waals surface area contributed by atoms with Crippen LogP contribution in [-0.2, 0) is 15.7 Å². The normalized spacial score (nSPS) is 11.0. The molecule has 2 N–H and O–H groups in total. The number of alkyl halides is 3. The molecule has 11 heteroatoms. The number of nitro benzene ring substituents is 1. The first-order valence-electron chi connectivity index (χ1n) is 7.61. The molecule has 28 heavy (non-hydrogen) atoms. The molecule has 2 rings (SSSR count). The van der Waals surface area contributed by atoms with E-state index in [0.717, 1.165) is 6.07 Å². The Balaban J connectivity index is 2.08. The van der Waals surface area contributed by atoms with Gasteiger partial charge in [-0.25, -0.2) is 4.79 Å². The SMILES string of the molecule is Cc1ccc(C(=O)OCC(=O)Nc2ccc(C(F)(F)F)cc2[N+](=O)[O-])c(O)c1. The summed E-state index contributed by atoms with van der Waals surface area (Å²) < 4.78 is 42.7. The number of esters is 1. The van der Waals surface area contributed by atoms with E-state index >= 15 is 0 Å². The van der Waals surface area contributed by atoms with Crippen molar-refractivity contribution in [2.45, 2.75) is 13.1 Å². The van der Waals surface area contributed by atoms with Crippen LogP contribution < -0.4 is 5.32 Å². The zero-order valence-corrected chi connectivity index (χ0v) is 14.2. The highest BCUT2D eigenvalue weighted by molar-refractivity contribution is 5.97. The number of rotatable bonds is 5. The molecular weight excluding hydrogens is 385 g/mol. The van der Waals surface area contributed by atoms with Gasteiger partial charge in [0.2, 0.25) is 0 Å². The summed E-state index contributed by atoms with van der Waals surface area (Å²) in [5.41, 5.74) is -2.22. The van der Waals surface area contributed by atoms with Crippen molar-refractivity contribution in [3.05, 3.63) is 63.2 Å². The first-order valence-corrected chi connectivity index (χ1v) is 7.61. The first kappa shape index (κ1) is 20.7. The number of aryl methyl sites for hydroxylation is 1. The zero-order chi connectivity index (χ0) is 21.1. The van der Waals surface area contributed by atoms with Crippen molar-refractivity contribution in [2.24, 2.45) is 0 Å². The largest absolute Gasteiger partial charge is 0.507 e. The van der Waals surface area contributed by atoms with E-state index in [-0.39, 0.29) is 17.4 Å². The Morgan fingerprint density at radius 2 is 1.89 bits per heavy atom. The molecule has 0 atom stereocenters. The lowest BCUT2D eigenvalue weighted by Gasteiger charge is -2.10. The molecule has 2 aromatic carbocycles. The van der Waals surface area contributed by atoms with Crippen LogP contribution >= 0.6 is 0 Å². The number of ether oxygens (including phenoxy) is 1. The minimum Gasteiger partial charge on any atom is -0.507 e. The van der Waals surface area contributed by atoms with Gasteiger partial charge in [-0.2, -0.15) is 13.2 Å². The van der Waals surface area contributed by atoms with Gasteiger partial charge in [0.05, 0.1) is 10.5 Å². The van der Waals surface area contributed by atoms with Crippen LogP contribution in [0.1, 0.15) is 21.5 Å². The summed E-state index contributed by atoms with van der Waals surface area (Å²) in [4.78, 5) is 33.6. The quantitative estimate of drug-likeness (QED) is 0.453. The van der Waals surface area contributed by atoms with Gasteiger partial charge < -0.3 is 15.2 Å². The van der Waals surface area contributed by atoms with Crippen LogP contribution in [0.4, 0.5) is 24.5 Å². The fourth-order valence-corrected chi connectivity index (χ4v) is 2.17. The second-order valence-corrected chi connectivity index (χ2v) is 5.63. The maximum atomic E-state index is 12.7. The fraction of sp³-hybridized carbons (Fsp3) is 0.176. The van der Waals surface area contributed by atoms with Crippen molar-refractivity contribution < 1.29 is 37.5 Å². The predicted molar refractivity (Wildman–Crippen MR) is 89.9 cm³/mol. The number of phenolic OH excluding ortho intramolecular Hbond substituents is 1. The number of amides is 1. The maximum absolute atomic E-state index is 12.7. The van der Waals surface area contributed by atoms with E-state index in [1.54, 1.807) is 6.92 Å². The molecule has 0 aliphatic rings. The number of carbonyl (C=O) groups excluding carboxylic acids is 2. The third kappa shape index (κ3) is 4.96. The number of halogens is 3. The standard InChI is InChI=1S/C17H13F3N2O6/c1-9-2-4-11(14(23)6-9)16(25)28-8-15(24)21-12-5-3-10(17(18,19)20)7-13(12)22(26)27/h2-7,23H,8H2,1H3,(H,21,24). The van der Waals surface area contributed by atoms with E-state index in [2.05, 4.69) is 0 Å². The molecule has 0 aromatic heterocycles. The van der Waals surface area contributed by atoms with Crippen molar-refractivity contribution in [3.63, 3.8) is 0 Å². The third-order valence-electron chi connectivity index (χ3n) is 3.50. The fourth-order valence-electron chi connectivity index (χ4n) is 2.17. The molecule has 0 saturated carbocycles. The minimum atomic E-state index is -4.79. The molecule has 0 heterocycles. The van der Waals surface area contributed by atoms with E-state index in [9.17, 15) is 38.0 Å². The van der Waals surface area contributed by atoms with Gasteiger partial charge in [-0.05, 0) is 36.8 Å². The van der Waals surface area contributed by atoms with Gasteiger partial charge in [0.1, 0.15) is 17.0 Å². The van der Waals surface area contributed by atoms with Crippen LogP contribution in [0, 0.1) is 17.0 Å². The average Bonchev–Trinajstić information content (AvgIpc) is 2.58. The zero-order valence-electron chi connectivity index (χ0n) is 14.2. The summed E-state index contributed by atoms with van der Waals surface area (Å²) in [7, 11) is 0. The molecule has 148 valence electrons. The van der Waals surface area contributed by atoms with Crippen LogP contribution in [0.15, 0.2) is 36.4 Å². The van der Waals surface area contributed by atoms with Gasteiger partial charge in [-0.3, -0.25) is 14.9 Å². The number of aromatic hydroxyl groups is 1. The molecule has 0 fully saturated rings. The molecule has 0 aliphatic carbocycles. The van der Waals surface area contributed by atoms with Crippen molar-refractivity contribution in [1.29, 1.82) is 0 Å². The van der Waals surface area contributed by atoms with E-state index in [1.807, 2.05) is 5.32 Å². The summed E-state index contributed by atoms with van der Waals surface area (Å²) in [6.45, 7) is 0.809. The van der Waals surface area contributed by atoms with Crippen LogP contribution in [0.5, 0.6) is 5.75 Å².